The summed E-state index contributed by atoms with van der Waals surface area (Å²) in [5.41, 5.74) is 0. The molecule has 0 aliphatic heterocycles. The Balaban J connectivity index is 2.66. The van der Waals surface area contributed by atoms with Crippen LogP contribution < -0.4 is 0 Å². The third kappa shape index (κ3) is 1.23. The molecule has 1 aliphatic carbocycles. The van der Waals surface area contributed by atoms with Gasteiger partial charge in [-0.05, 0) is 23.7 Å². The Morgan fingerprint density at radius 3 is 2.25 bits per heavy atom. The van der Waals surface area contributed by atoms with Crippen molar-refractivity contribution in [2.75, 3.05) is 0 Å². The highest BCUT2D eigenvalue weighted by atomic mass is 16.4. The van der Waals surface area contributed by atoms with Crippen LogP contribution in [0.15, 0.2) is 0 Å². The zero-order valence-corrected chi connectivity index (χ0v) is 8.29. The van der Waals surface area contributed by atoms with Crippen LogP contribution in [0.2, 0.25) is 0 Å². The van der Waals surface area contributed by atoms with E-state index in [9.17, 15) is 4.79 Å². The van der Waals surface area contributed by atoms with Crippen molar-refractivity contribution in [2.24, 2.45) is 23.2 Å². The molecule has 1 aliphatic rings. The van der Waals surface area contributed by atoms with Gasteiger partial charge in [0.2, 0.25) is 0 Å². The zero-order valence-electron chi connectivity index (χ0n) is 8.29. The molecule has 2 atom stereocenters. The van der Waals surface area contributed by atoms with Crippen molar-refractivity contribution in [2.45, 2.75) is 34.1 Å². The van der Waals surface area contributed by atoms with Gasteiger partial charge in [0.15, 0.2) is 0 Å². The molecule has 1 rings (SSSR count). The Labute approximate surface area is 74.0 Å². The molecule has 1 saturated carbocycles. The monoisotopic (exact) mass is 170 g/mol. The maximum Gasteiger partial charge on any atom is 0.307 e. The lowest BCUT2D eigenvalue weighted by atomic mass is 9.52. The fraction of sp³-hybridized carbons (Fsp3) is 0.900. The lowest BCUT2D eigenvalue weighted by Gasteiger charge is -2.52. The summed E-state index contributed by atoms with van der Waals surface area (Å²) in [6, 6.07) is 0. The molecular formula is C10H18O2. The van der Waals surface area contributed by atoms with Gasteiger partial charge in [-0.25, -0.2) is 0 Å². The smallest absolute Gasteiger partial charge is 0.307 e. The molecule has 2 heteroatoms. The topological polar surface area (TPSA) is 37.3 Å². The first-order chi connectivity index (χ1) is 5.37. The standard InChI is InChI=1S/C10H18O2/c1-6(2)7-5-8(9(11)12)10(7,3)4/h6-8H,5H2,1-4H3,(H,11,12). The molecule has 0 radical (unpaired) electrons. The molecule has 0 amide bonds. The van der Waals surface area contributed by atoms with E-state index in [2.05, 4.69) is 27.7 Å². The van der Waals surface area contributed by atoms with Crippen molar-refractivity contribution in [3.63, 3.8) is 0 Å². The molecule has 2 nitrogen and oxygen atoms in total. The van der Waals surface area contributed by atoms with Crippen LogP contribution in [0.1, 0.15) is 34.1 Å². The minimum absolute atomic E-state index is 0. The number of hydrogen-bond acceptors (Lipinski definition) is 1. The molecule has 70 valence electrons. The number of carbonyl (C=O) groups is 1. The van der Waals surface area contributed by atoms with Crippen molar-refractivity contribution >= 4 is 5.97 Å². The molecule has 0 spiro atoms. The van der Waals surface area contributed by atoms with Gasteiger partial charge in [0.25, 0.3) is 0 Å². The molecule has 2 unspecified atom stereocenters. The van der Waals surface area contributed by atoms with E-state index in [1.807, 2.05) is 0 Å². The zero-order chi connectivity index (χ0) is 9.52. The molecule has 0 bridgehead atoms. The van der Waals surface area contributed by atoms with Crippen LogP contribution in [-0.2, 0) is 4.79 Å². The van der Waals surface area contributed by atoms with Crippen molar-refractivity contribution in [3.8, 4) is 0 Å². The molecule has 12 heavy (non-hydrogen) atoms. The molecule has 0 aromatic heterocycles. The van der Waals surface area contributed by atoms with Gasteiger partial charge in [0.05, 0.1) is 5.92 Å². The number of hydrogen-bond donors (Lipinski definition) is 1. The van der Waals surface area contributed by atoms with Gasteiger partial charge in [-0.15, -0.1) is 0 Å². The summed E-state index contributed by atoms with van der Waals surface area (Å²) in [5.74, 6) is 0.441. The number of aliphatic carboxylic acids is 1. The lowest BCUT2D eigenvalue weighted by Crippen LogP contribution is -2.50. The fourth-order valence-electron chi connectivity index (χ4n) is 2.51. The Morgan fingerprint density at radius 1 is 1.50 bits per heavy atom. The Morgan fingerprint density at radius 2 is 2.00 bits per heavy atom. The summed E-state index contributed by atoms with van der Waals surface area (Å²) >= 11 is 0. The average molecular weight is 170 g/mol. The fourth-order valence-corrected chi connectivity index (χ4v) is 2.51. The van der Waals surface area contributed by atoms with Gasteiger partial charge in [-0.1, -0.05) is 27.7 Å². The number of carboxylic acid groups (broad SMARTS) is 1. The largest absolute Gasteiger partial charge is 0.481 e. The highest BCUT2D eigenvalue weighted by molar-refractivity contribution is 5.72. The second kappa shape index (κ2) is 2.75. The molecule has 0 aromatic rings. The maximum absolute atomic E-state index is 10.8. The highest BCUT2D eigenvalue weighted by Crippen LogP contribution is 2.54. The van der Waals surface area contributed by atoms with Crippen molar-refractivity contribution in [1.82, 2.24) is 0 Å². The predicted molar refractivity (Wildman–Crippen MR) is 47.9 cm³/mol. The molecule has 0 saturated heterocycles. The minimum Gasteiger partial charge on any atom is -0.481 e. The third-order valence-electron chi connectivity index (χ3n) is 3.45. The SMILES string of the molecule is CC(C)C1CC(C(=O)O)C1(C)C. The highest BCUT2D eigenvalue weighted by Gasteiger charge is 2.52. The first-order valence-electron chi connectivity index (χ1n) is 4.60. The van der Waals surface area contributed by atoms with E-state index >= 15 is 0 Å². The number of rotatable bonds is 2. The summed E-state index contributed by atoms with van der Waals surface area (Å²) in [6.07, 6.45) is 0.861. The van der Waals surface area contributed by atoms with Crippen LogP contribution in [0.4, 0.5) is 0 Å². The van der Waals surface area contributed by atoms with Gasteiger partial charge in [-0.2, -0.15) is 0 Å². The van der Waals surface area contributed by atoms with E-state index in [1.54, 1.807) is 0 Å². The summed E-state index contributed by atoms with van der Waals surface area (Å²) in [6.45, 7) is 8.48. The molecule has 0 heterocycles. The summed E-state index contributed by atoms with van der Waals surface area (Å²) in [7, 11) is 0. The van der Waals surface area contributed by atoms with E-state index in [1.165, 1.54) is 0 Å². The first kappa shape index (κ1) is 9.56. The van der Waals surface area contributed by atoms with E-state index in [-0.39, 0.29) is 11.3 Å². The molecule has 1 fully saturated rings. The maximum atomic E-state index is 10.8. The molecule has 1 N–H and O–H groups in total. The van der Waals surface area contributed by atoms with Crippen molar-refractivity contribution in [3.05, 3.63) is 0 Å². The second-order valence-electron chi connectivity index (χ2n) is 4.80. The van der Waals surface area contributed by atoms with Gasteiger partial charge in [0.1, 0.15) is 0 Å². The average Bonchev–Trinajstić information content (AvgIpc) is 1.83. The summed E-state index contributed by atoms with van der Waals surface area (Å²) < 4.78 is 0. The van der Waals surface area contributed by atoms with E-state index in [0.717, 1.165) is 6.42 Å². The van der Waals surface area contributed by atoms with E-state index < -0.39 is 5.97 Å². The summed E-state index contributed by atoms with van der Waals surface area (Å²) in [4.78, 5) is 10.8. The van der Waals surface area contributed by atoms with Crippen LogP contribution >= 0.6 is 0 Å². The Hall–Kier alpha value is -0.530. The van der Waals surface area contributed by atoms with Crippen LogP contribution in [-0.4, -0.2) is 11.1 Å². The van der Waals surface area contributed by atoms with Gasteiger partial charge >= 0.3 is 5.97 Å². The Bertz CT molecular complexity index is 194. The third-order valence-corrected chi connectivity index (χ3v) is 3.45. The van der Waals surface area contributed by atoms with Gasteiger partial charge in [-0.3, -0.25) is 4.79 Å². The summed E-state index contributed by atoms with van der Waals surface area (Å²) in [5, 5.41) is 8.87. The normalized spacial score (nSPS) is 33.1. The van der Waals surface area contributed by atoms with Crippen molar-refractivity contribution in [1.29, 1.82) is 0 Å². The van der Waals surface area contributed by atoms with Crippen LogP contribution in [0.3, 0.4) is 0 Å². The van der Waals surface area contributed by atoms with Crippen molar-refractivity contribution < 1.29 is 9.90 Å². The van der Waals surface area contributed by atoms with Crippen LogP contribution in [0, 0.1) is 23.2 Å². The van der Waals surface area contributed by atoms with Crippen LogP contribution in [0.25, 0.3) is 0 Å². The second-order valence-corrected chi connectivity index (χ2v) is 4.80. The van der Waals surface area contributed by atoms with Gasteiger partial charge < -0.3 is 5.11 Å². The van der Waals surface area contributed by atoms with Gasteiger partial charge in [0, 0.05) is 0 Å². The number of carboxylic acids is 1. The predicted octanol–water partition coefficient (Wildman–Crippen LogP) is 2.39. The molecule has 0 aromatic carbocycles. The molecular weight excluding hydrogens is 152 g/mol. The quantitative estimate of drug-likeness (QED) is 0.691. The van der Waals surface area contributed by atoms with Crippen LogP contribution in [0.5, 0.6) is 0 Å². The lowest BCUT2D eigenvalue weighted by molar-refractivity contribution is -0.161. The minimum atomic E-state index is -0.628. The first-order valence-corrected chi connectivity index (χ1v) is 4.60. The van der Waals surface area contributed by atoms with E-state index in [0.29, 0.717) is 11.8 Å². The van der Waals surface area contributed by atoms with E-state index in [4.69, 9.17) is 5.11 Å². The Kier molecular flexibility index (Phi) is 2.19.